The van der Waals surface area contributed by atoms with Crippen molar-refractivity contribution in [1.82, 2.24) is 29.9 Å². The molecule has 2 N–H and O–H groups in total. The van der Waals surface area contributed by atoms with Gasteiger partial charge in [0.1, 0.15) is 5.82 Å². The Morgan fingerprint density at radius 1 is 1.14 bits per heavy atom. The van der Waals surface area contributed by atoms with Crippen molar-refractivity contribution < 1.29 is 8.42 Å². The van der Waals surface area contributed by atoms with Gasteiger partial charge < -0.3 is 10.2 Å². The van der Waals surface area contributed by atoms with E-state index in [9.17, 15) is 8.42 Å². The van der Waals surface area contributed by atoms with Crippen LogP contribution >= 0.6 is 0 Å². The first-order valence-electron chi connectivity index (χ1n) is 12.2. The molecule has 0 unspecified atom stereocenters. The predicted octanol–water partition coefficient (Wildman–Crippen LogP) is 4.87. The number of nitrogens with zero attached hydrogens (tertiary/aromatic N) is 6. The van der Waals surface area contributed by atoms with Crippen molar-refractivity contribution in [3.63, 3.8) is 0 Å². The second kappa shape index (κ2) is 8.98. The summed E-state index contributed by atoms with van der Waals surface area (Å²) in [7, 11) is 0.302. The third-order valence-corrected chi connectivity index (χ3v) is 9.00. The van der Waals surface area contributed by atoms with Crippen molar-refractivity contribution in [3.8, 4) is 11.3 Å². The van der Waals surface area contributed by atoms with Gasteiger partial charge in [-0.1, -0.05) is 0 Å². The van der Waals surface area contributed by atoms with Gasteiger partial charge in [0.2, 0.25) is 5.95 Å². The lowest BCUT2D eigenvalue weighted by molar-refractivity contribution is 0.560. The number of benzene rings is 1. The summed E-state index contributed by atoms with van der Waals surface area (Å²) in [4.78, 5) is 12.0. The highest BCUT2D eigenvalue weighted by atomic mass is 32.2. The van der Waals surface area contributed by atoms with Gasteiger partial charge in [0.15, 0.2) is 15.7 Å². The molecule has 194 valence electrons. The topological polar surface area (TPSA) is 122 Å². The van der Waals surface area contributed by atoms with Crippen LogP contribution in [0, 0.1) is 6.92 Å². The summed E-state index contributed by atoms with van der Waals surface area (Å²) in [5.74, 6) is 2.22. The second-order valence-electron chi connectivity index (χ2n) is 10.5. The van der Waals surface area contributed by atoms with Crippen LogP contribution in [-0.4, -0.2) is 50.2 Å². The summed E-state index contributed by atoms with van der Waals surface area (Å²) in [5, 5.41) is 15.1. The number of H-pyrrole nitrogens is 1. The van der Waals surface area contributed by atoms with Crippen LogP contribution in [0.25, 0.3) is 11.3 Å². The molecule has 0 spiro atoms. The van der Waals surface area contributed by atoms with Crippen molar-refractivity contribution >= 4 is 33.1 Å². The van der Waals surface area contributed by atoms with Crippen molar-refractivity contribution in [2.45, 2.75) is 56.1 Å². The molecule has 0 saturated heterocycles. The molecular weight excluding hydrogens is 488 g/mol. The van der Waals surface area contributed by atoms with E-state index in [0.29, 0.717) is 23.5 Å². The van der Waals surface area contributed by atoms with Crippen molar-refractivity contribution in [2.75, 3.05) is 17.3 Å². The fraction of sp³-hybridized carbons (Fsp3) is 0.385. The molecule has 37 heavy (non-hydrogen) atoms. The molecule has 1 aliphatic rings. The maximum absolute atomic E-state index is 12.9. The van der Waals surface area contributed by atoms with Gasteiger partial charge in [0, 0.05) is 48.9 Å². The van der Waals surface area contributed by atoms with E-state index in [1.54, 1.807) is 49.7 Å². The summed E-state index contributed by atoms with van der Waals surface area (Å²) >= 11 is 0. The van der Waals surface area contributed by atoms with Crippen LogP contribution in [0.1, 0.15) is 50.8 Å². The van der Waals surface area contributed by atoms with Crippen LogP contribution < -0.4 is 10.2 Å². The molecular formula is C26H32N8O2S. The molecule has 0 amide bonds. The zero-order valence-corrected chi connectivity index (χ0v) is 22.8. The van der Waals surface area contributed by atoms with Crippen LogP contribution in [0.5, 0.6) is 0 Å². The second-order valence-corrected chi connectivity index (χ2v) is 13.2. The van der Waals surface area contributed by atoms with Crippen LogP contribution in [0.3, 0.4) is 0 Å². The lowest BCUT2D eigenvalue weighted by Crippen LogP contribution is -2.27. The number of rotatable bonds is 7. The average molecular weight is 521 g/mol. The fourth-order valence-electron chi connectivity index (χ4n) is 4.15. The molecule has 5 rings (SSSR count). The van der Waals surface area contributed by atoms with Crippen LogP contribution in [0.4, 0.5) is 23.3 Å². The number of hydrogen-bond donors (Lipinski definition) is 2. The smallest absolute Gasteiger partial charge is 0.232 e. The lowest BCUT2D eigenvalue weighted by Gasteiger charge is -2.22. The van der Waals surface area contributed by atoms with Gasteiger partial charge in [-0.25, -0.2) is 13.4 Å². The van der Waals surface area contributed by atoms with E-state index in [0.717, 1.165) is 41.0 Å². The van der Waals surface area contributed by atoms with E-state index in [-0.39, 0.29) is 4.90 Å². The molecule has 0 radical (unpaired) electrons. The first kappa shape index (κ1) is 24.9. The fourth-order valence-corrected chi connectivity index (χ4v) is 5.35. The maximum Gasteiger partial charge on any atom is 0.232 e. The van der Waals surface area contributed by atoms with Crippen LogP contribution in [0.2, 0.25) is 0 Å². The highest BCUT2D eigenvalue weighted by Crippen LogP contribution is 2.48. The molecule has 4 aromatic rings. The van der Waals surface area contributed by atoms with Crippen molar-refractivity contribution in [2.24, 2.45) is 7.05 Å². The minimum Gasteiger partial charge on any atom is -0.323 e. The summed E-state index contributed by atoms with van der Waals surface area (Å²) in [6, 6.07) is 8.77. The summed E-state index contributed by atoms with van der Waals surface area (Å²) in [5.41, 5.74) is 4.51. The Morgan fingerprint density at radius 2 is 1.84 bits per heavy atom. The van der Waals surface area contributed by atoms with E-state index >= 15 is 0 Å². The summed E-state index contributed by atoms with van der Waals surface area (Å²) in [6.45, 7) is 7.05. The number of aromatic amines is 1. The normalized spacial score (nSPS) is 14.1. The molecule has 1 aromatic carbocycles. The average Bonchev–Trinajstić information content (AvgIpc) is 3.46. The van der Waals surface area contributed by atoms with Gasteiger partial charge in [0.25, 0.3) is 0 Å². The van der Waals surface area contributed by atoms with Crippen LogP contribution in [0.15, 0.2) is 47.6 Å². The quantitative estimate of drug-likeness (QED) is 0.354. The minimum absolute atomic E-state index is 0.287. The summed E-state index contributed by atoms with van der Waals surface area (Å²) < 4.78 is 26.6. The number of anilines is 4. The number of aryl methyl sites for hydroxylation is 2. The van der Waals surface area contributed by atoms with E-state index in [1.807, 2.05) is 44.4 Å². The minimum atomic E-state index is -3.45. The molecule has 3 aromatic heterocycles. The molecule has 3 heterocycles. The third kappa shape index (κ3) is 4.83. The van der Waals surface area contributed by atoms with Crippen molar-refractivity contribution in [3.05, 3.63) is 54.0 Å². The van der Waals surface area contributed by atoms with E-state index in [4.69, 9.17) is 9.97 Å². The largest absolute Gasteiger partial charge is 0.323 e. The first-order valence-corrected chi connectivity index (χ1v) is 13.7. The molecule has 11 heteroatoms. The highest BCUT2D eigenvalue weighted by molar-refractivity contribution is 7.92. The van der Waals surface area contributed by atoms with E-state index in [1.165, 1.54) is 0 Å². The van der Waals surface area contributed by atoms with Gasteiger partial charge in [0.05, 0.1) is 21.5 Å². The number of aromatic nitrogens is 6. The van der Waals surface area contributed by atoms with Crippen molar-refractivity contribution in [1.29, 1.82) is 0 Å². The van der Waals surface area contributed by atoms with Gasteiger partial charge in [-0.2, -0.15) is 15.2 Å². The molecule has 1 fully saturated rings. The molecule has 0 bridgehead atoms. The zero-order chi connectivity index (χ0) is 26.5. The summed E-state index contributed by atoms with van der Waals surface area (Å²) in [6.07, 6.45) is 5.91. The van der Waals surface area contributed by atoms with Crippen LogP contribution in [-0.2, 0) is 16.9 Å². The highest BCUT2D eigenvalue weighted by Gasteiger charge is 2.33. The Bertz CT molecular complexity index is 1540. The zero-order valence-electron chi connectivity index (χ0n) is 21.9. The van der Waals surface area contributed by atoms with Gasteiger partial charge in [-0.05, 0) is 70.7 Å². The maximum atomic E-state index is 12.9. The molecule has 0 atom stereocenters. The van der Waals surface area contributed by atoms with Gasteiger partial charge >= 0.3 is 0 Å². The van der Waals surface area contributed by atoms with Gasteiger partial charge in [-0.3, -0.25) is 9.78 Å². The SMILES string of the molecule is Cc1cc(Nc2nc(N(C)c3ccc(S(=O)(=O)C(C)(C)C)cc3)nc(-c3cnn(C)c3)c2C2CC2)n[nH]1. The molecule has 10 nitrogen and oxygen atoms in total. The molecule has 1 saturated carbocycles. The predicted molar refractivity (Wildman–Crippen MR) is 144 cm³/mol. The Morgan fingerprint density at radius 3 is 2.38 bits per heavy atom. The standard InChI is InChI=1S/C26H32N8O2S/c1-16-13-21(32-31-16)28-24-22(17-7-8-17)23(18-14-27-33(5)15-18)29-25(30-24)34(6)19-9-11-20(12-10-19)37(35,36)26(2,3)4/h9-15,17H,7-8H2,1-6H3,(H2,28,29,30,31,32). The Kier molecular flexibility index (Phi) is 6.06. The Balaban J connectivity index is 1.59. The molecule has 1 aliphatic carbocycles. The first-order chi connectivity index (χ1) is 17.4. The lowest BCUT2D eigenvalue weighted by atomic mass is 10.1. The van der Waals surface area contributed by atoms with E-state index < -0.39 is 14.6 Å². The Hall–Kier alpha value is -3.73. The third-order valence-electron chi connectivity index (χ3n) is 6.49. The van der Waals surface area contributed by atoms with E-state index in [2.05, 4.69) is 20.6 Å². The molecule has 0 aliphatic heterocycles. The number of sulfone groups is 1. The van der Waals surface area contributed by atoms with Gasteiger partial charge in [-0.15, -0.1) is 0 Å². The number of hydrogen-bond acceptors (Lipinski definition) is 8. The Labute approximate surface area is 217 Å². The monoisotopic (exact) mass is 520 g/mol. The number of nitrogens with one attached hydrogen (secondary N) is 2.